The summed E-state index contributed by atoms with van der Waals surface area (Å²) >= 11 is 0. The quantitative estimate of drug-likeness (QED) is 0.898. The molecule has 94 valence electrons. The molecule has 0 saturated heterocycles. The van der Waals surface area contributed by atoms with Gasteiger partial charge in [0, 0.05) is 32.0 Å². The molecule has 0 saturated carbocycles. The Morgan fingerprint density at radius 2 is 2.11 bits per heavy atom. The number of pyridine rings is 1. The van der Waals surface area contributed by atoms with Gasteiger partial charge in [0.15, 0.2) is 0 Å². The number of halogens is 1. The van der Waals surface area contributed by atoms with Gasteiger partial charge < -0.3 is 10.6 Å². The minimum absolute atomic E-state index is 0.232. The summed E-state index contributed by atoms with van der Waals surface area (Å²) in [5, 5.41) is 0. The fraction of sp³-hybridized carbons (Fsp3) is 0.214. The summed E-state index contributed by atoms with van der Waals surface area (Å²) in [6.45, 7) is 1.07. The molecule has 0 unspecified atom stereocenters. The number of hydrogen-bond acceptors (Lipinski definition) is 3. The zero-order chi connectivity index (χ0) is 13.0. The van der Waals surface area contributed by atoms with Gasteiger partial charge in [-0.2, -0.15) is 0 Å². The van der Waals surface area contributed by atoms with Gasteiger partial charge in [-0.1, -0.05) is 12.1 Å². The molecule has 4 heteroatoms. The van der Waals surface area contributed by atoms with Crippen LogP contribution in [-0.4, -0.2) is 12.0 Å². The number of benzene rings is 1. The average Bonchev–Trinajstić information content (AvgIpc) is 2.39. The van der Waals surface area contributed by atoms with E-state index in [1.807, 2.05) is 30.1 Å². The van der Waals surface area contributed by atoms with E-state index in [1.165, 1.54) is 12.1 Å². The first-order valence-electron chi connectivity index (χ1n) is 5.80. The van der Waals surface area contributed by atoms with Crippen LogP contribution in [0.5, 0.6) is 0 Å². The number of rotatable bonds is 4. The van der Waals surface area contributed by atoms with Gasteiger partial charge >= 0.3 is 0 Å². The van der Waals surface area contributed by atoms with Crippen molar-refractivity contribution in [1.29, 1.82) is 0 Å². The smallest absolute Gasteiger partial charge is 0.125 e. The molecule has 0 radical (unpaired) electrons. The number of aromatic nitrogens is 1. The van der Waals surface area contributed by atoms with Crippen LogP contribution in [-0.2, 0) is 13.1 Å². The van der Waals surface area contributed by atoms with Crippen molar-refractivity contribution in [2.75, 3.05) is 11.9 Å². The highest BCUT2D eigenvalue weighted by Crippen LogP contribution is 2.17. The molecule has 2 aromatic rings. The van der Waals surface area contributed by atoms with Crippen molar-refractivity contribution in [2.45, 2.75) is 13.1 Å². The fourth-order valence-corrected chi connectivity index (χ4v) is 1.86. The lowest BCUT2D eigenvalue weighted by atomic mass is 10.1. The highest BCUT2D eigenvalue weighted by Gasteiger charge is 2.06. The third-order valence-electron chi connectivity index (χ3n) is 2.83. The highest BCUT2D eigenvalue weighted by molar-refractivity contribution is 5.46. The lowest BCUT2D eigenvalue weighted by Crippen LogP contribution is -2.18. The van der Waals surface area contributed by atoms with E-state index in [0.29, 0.717) is 13.1 Å². The van der Waals surface area contributed by atoms with Crippen LogP contribution in [0.3, 0.4) is 0 Å². The van der Waals surface area contributed by atoms with Crippen molar-refractivity contribution in [2.24, 2.45) is 5.73 Å². The molecular formula is C14H16FN3. The summed E-state index contributed by atoms with van der Waals surface area (Å²) in [6, 6.07) is 10.4. The molecule has 18 heavy (non-hydrogen) atoms. The van der Waals surface area contributed by atoms with Crippen LogP contribution >= 0.6 is 0 Å². The SMILES string of the molecule is CN(Cc1cccnc1CN)c1cccc(F)c1. The van der Waals surface area contributed by atoms with Crippen LogP contribution in [0, 0.1) is 5.82 Å². The molecule has 0 spiro atoms. The summed E-state index contributed by atoms with van der Waals surface area (Å²) in [6.07, 6.45) is 1.73. The van der Waals surface area contributed by atoms with Gasteiger partial charge in [0.2, 0.25) is 0 Å². The molecule has 0 aliphatic carbocycles. The Bertz CT molecular complexity index is 528. The van der Waals surface area contributed by atoms with E-state index in [-0.39, 0.29) is 5.82 Å². The van der Waals surface area contributed by atoms with Crippen LogP contribution in [0.1, 0.15) is 11.3 Å². The summed E-state index contributed by atoms with van der Waals surface area (Å²) in [5.74, 6) is -0.232. The van der Waals surface area contributed by atoms with Crippen molar-refractivity contribution in [3.8, 4) is 0 Å². The number of nitrogens with two attached hydrogens (primary N) is 1. The summed E-state index contributed by atoms with van der Waals surface area (Å²) in [7, 11) is 1.92. The maximum Gasteiger partial charge on any atom is 0.125 e. The van der Waals surface area contributed by atoms with Gasteiger partial charge in [-0.15, -0.1) is 0 Å². The average molecular weight is 245 g/mol. The highest BCUT2D eigenvalue weighted by atomic mass is 19.1. The van der Waals surface area contributed by atoms with Gasteiger partial charge in [-0.25, -0.2) is 4.39 Å². The predicted octanol–water partition coefficient (Wildman–Crippen LogP) is 2.32. The molecule has 1 aromatic carbocycles. The third-order valence-corrected chi connectivity index (χ3v) is 2.83. The molecule has 2 rings (SSSR count). The van der Waals surface area contributed by atoms with Crippen molar-refractivity contribution >= 4 is 5.69 Å². The Morgan fingerprint density at radius 1 is 1.28 bits per heavy atom. The van der Waals surface area contributed by atoms with Crippen LogP contribution in [0.2, 0.25) is 0 Å². The zero-order valence-corrected chi connectivity index (χ0v) is 10.3. The Kier molecular flexibility index (Phi) is 3.89. The molecule has 0 aliphatic rings. The van der Waals surface area contributed by atoms with E-state index in [0.717, 1.165) is 16.9 Å². The minimum Gasteiger partial charge on any atom is -0.370 e. The molecule has 0 fully saturated rings. The molecule has 1 heterocycles. The molecule has 0 amide bonds. The maximum atomic E-state index is 13.2. The number of hydrogen-bond donors (Lipinski definition) is 1. The standard InChI is InChI=1S/C14H16FN3/c1-18(13-6-2-5-12(15)8-13)10-11-4-3-7-17-14(11)9-16/h2-8H,9-10,16H2,1H3. The molecule has 1 aromatic heterocycles. The Balaban J connectivity index is 2.18. The number of anilines is 1. The molecule has 0 bridgehead atoms. The van der Waals surface area contributed by atoms with Crippen molar-refractivity contribution in [3.63, 3.8) is 0 Å². The largest absolute Gasteiger partial charge is 0.370 e. The summed E-state index contributed by atoms with van der Waals surface area (Å²) < 4.78 is 13.2. The van der Waals surface area contributed by atoms with Gasteiger partial charge in [0.25, 0.3) is 0 Å². The van der Waals surface area contributed by atoms with E-state index < -0.39 is 0 Å². The Morgan fingerprint density at radius 3 is 2.83 bits per heavy atom. The zero-order valence-electron chi connectivity index (χ0n) is 10.3. The minimum atomic E-state index is -0.232. The molecule has 0 aliphatic heterocycles. The molecule has 0 atom stereocenters. The van der Waals surface area contributed by atoms with Crippen LogP contribution in [0.15, 0.2) is 42.6 Å². The Hall–Kier alpha value is -1.94. The van der Waals surface area contributed by atoms with Gasteiger partial charge in [-0.3, -0.25) is 4.98 Å². The topological polar surface area (TPSA) is 42.2 Å². The second-order valence-electron chi connectivity index (χ2n) is 4.15. The van der Waals surface area contributed by atoms with Crippen LogP contribution in [0.4, 0.5) is 10.1 Å². The third kappa shape index (κ3) is 2.84. The maximum absolute atomic E-state index is 13.2. The predicted molar refractivity (Wildman–Crippen MR) is 70.6 cm³/mol. The van der Waals surface area contributed by atoms with E-state index in [9.17, 15) is 4.39 Å². The first-order chi connectivity index (χ1) is 8.70. The van der Waals surface area contributed by atoms with Crippen molar-refractivity contribution in [3.05, 3.63) is 59.7 Å². The van der Waals surface area contributed by atoms with E-state index in [1.54, 1.807) is 12.3 Å². The van der Waals surface area contributed by atoms with E-state index >= 15 is 0 Å². The summed E-state index contributed by atoms with van der Waals surface area (Å²) in [4.78, 5) is 6.21. The second kappa shape index (κ2) is 5.60. The van der Waals surface area contributed by atoms with Crippen LogP contribution in [0.25, 0.3) is 0 Å². The molecule has 3 nitrogen and oxygen atoms in total. The van der Waals surface area contributed by atoms with E-state index in [2.05, 4.69) is 4.98 Å². The Labute approximate surface area is 106 Å². The van der Waals surface area contributed by atoms with Gasteiger partial charge in [0.05, 0.1) is 5.69 Å². The normalized spacial score (nSPS) is 10.4. The first-order valence-corrected chi connectivity index (χ1v) is 5.80. The fourth-order valence-electron chi connectivity index (χ4n) is 1.86. The first kappa shape index (κ1) is 12.5. The molecular weight excluding hydrogens is 229 g/mol. The van der Waals surface area contributed by atoms with Gasteiger partial charge in [0.1, 0.15) is 5.82 Å². The van der Waals surface area contributed by atoms with E-state index in [4.69, 9.17) is 5.73 Å². The van der Waals surface area contributed by atoms with Crippen LogP contribution < -0.4 is 10.6 Å². The monoisotopic (exact) mass is 245 g/mol. The van der Waals surface area contributed by atoms with Crippen molar-refractivity contribution < 1.29 is 4.39 Å². The number of nitrogens with zero attached hydrogens (tertiary/aromatic N) is 2. The lowest BCUT2D eigenvalue weighted by molar-refractivity contribution is 0.627. The van der Waals surface area contributed by atoms with Crippen molar-refractivity contribution in [1.82, 2.24) is 4.98 Å². The molecule has 2 N–H and O–H groups in total. The summed E-state index contributed by atoms with van der Waals surface area (Å²) in [5.41, 5.74) is 8.42. The lowest BCUT2D eigenvalue weighted by Gasteiger charge is -2.20. The van der Waals surface area contributed by atoms with Gasteiger partial charge in [-0.05, 0) is 29.8 Å². The second-order valence-corrected chi connectivity index (χ2v) is 4.15.